The molecule has 0 aliphatic rings. The summed E-state index contributed by atoms with van der Waals surface area (Å²) in [5.74, 6) is -4.14. The topological polar surface area (TPSA) is 107 Å². The van der Waals surface area contributed by atoms with E-state index in [1.165, 1.54) is 18.2 Å². The van der Waals surface area contributed by atoms with Gasteiger partial charge < -0.3 is 9.84 Å². The van der Waals surface area contributed by atoms with Crippen LogP contribution in [0.15, 0.2) is 42.5 Å². The number of carboxylic acids is 1. The maximum absolute atomic E-state index is 13.6. The standard InChI is InChI=1S/C17H11F2NO6/c18-11-3-4-12(13(19)8-11)15(21)5-1-10-2-6-16(26-9-17(22)23)14(7-10)20(24)25/h1-8H,9H2,(H,22,23)/b5-1+. The molecule has 0 atom stereocenters. The summed E-state index contributed by atoms with van der Waals surface area (Å²) in [7, 11) is 0. The summed E-state index contributed by atoms with van der Waals surface area (Å²) in [6.07, 6.45) is 2.19. The molecule has 0 aliphatic heterocycles. The summed E-state index contributed by atoms with van der Waals surface area (Å²) in [6.45, 7) is -0.752. The molecule has 0 aliphatic carbocycles. The fourth-order valence-corrected chi connectivity index (χ4v) is 1.99. The molecule has 0 amide bonds. The van der Waals surface area contributed by atoms with E-state index in [0.717, 1.165) is 24.3 Å². The second-order valence-corrected chi connectivity index (χ2v) is 4.99. The van der Waals surface area contributed by atoms with Crippen molar-refractivity contribution in [2.24, 2.45) is 0 Å². The van der Waals surface area contributed by atoms with Gasteiger partial charge in [0.1, 0.15) is 11.6 Å². The molecule has 26 heavy (non-hydrogen) atoms. The zero-order valence-electron chi connectivity index (χ0n) is 13.0. The quantitative estimate of drug-likeness (QED) is 0.350. The monoisotopic (exact) mass is 363 g/mol. The maximum atomic E-state index is 13.6. The van der Waals surface area contributed by atoms with Gasteiger partial charge in [-0.05, 0) is 29.8 Å². The third-order valence-corrected chi connectivity index (χ3v) is 3.15. The van der Waals surface area contributed by atoms with Gasteiger partial charge in [-0.3, -0.25) is 14.9 Å². The molecule has 2 rings (SSSR count). The lowest BCUT2D eigenvalue weighted by atomic mass is 10.1. The third-order valence-electron chi connectivity index (χ3n) is 3.15. The van der Waals surface area contributed by atoms with Crippen molar-refractivity contribution in [3.63, 3.8) is 0 Å². The molecule has 0 saturated heterocycles. The van der Waals surface area contributed by atoms with Crippen LogP contribution in [0.5, 0.6) is 5.75 Å². The number of rotatable bonds is 7. The van der Waals surface area contributed by atoms with Gasteiger partial charge in [-0.15, -0.1) is 0 Å². The number of carbonyl (C=O) groups is 2. The number of carboxylic acid groups (broad SMARTS) is 1. The highest BCUT2D eigenvalue weighted by Gasteiger charge is 2.17. The molecule has 0 heterocycles. The van der Waals surface area contributed by atoms with Crippen molar-refractivity contribution in [3.05, 3.63) is 75.3 Å². The van der Waals surface area contributed by atoms with Crippen LogP contribution in [0.3, 0.4) is 0 Å². The summed E-state index contributed by atoms with van der Waals surface area (Å²) in [6, 6.07) is 6.10. The van der Waals surface area contributed by atoms with E-state index < -0.39 is 40.6 Å². The van der Waals surface area contributed by atoms with Gasteiger partial charge in [-0.2, -0.15) is 0 Å². The minimum atomic E-state index is -1.30. The number of ether oxygens (including phenoxy) is 1. The fraction of sp³-hybridized carbons (Fsp3) is 0.0588. The average Bonchev–Trinajstić information content (AvgIpc) is 2.58. The van der Waals surface area contributed by atoms with E-state index in [2.05, 4.69) is 0 Å². The van der Waals surface area contributed by atoms with Gasteiger partial charge in [-0.25, -0.2) is 13.6 Å². The van der Waals surface area contributed by atoms with E-state index in [4.69, 9.17) is 9.84 Å². The number of hydrogen-bond donors (Lipinski definition) is 1. The van der Waals surface area contributed by atoms with Gasteiger partial charge in [0.25, 0.3) is 0 Å². The molecule has 0 fully saturated rings. The molecule has 134 valence electrons. The molecule has 0 aromatic heterocycles. The molecule has 0 radical (unpaired) electrons. The first-order valence-electron chi connectivity index (χ1n) is 7.08. The Balaban J connectivity index is 2.24. The highest BCUT2D eigenvalue weighted by molar-refractivity contribution is 6.07. The first-order valence-corrected chi connectivity index (χ1v) is 7.08. The fourth-order valence-electron chi connectivity index (χ4n) is 1.99. The number of ketones is 1. The number of aliphatic carboxylic acids is 1. The predicted molar refractivity (Wildman–Crippen MR) is 85.9 cm³/mol. The molecule has 0 unspecified atom stereocenters. The summed E-state index contributed by atoms with van der Waals surface area (Å²) in [5, 5.41) is 19.6. The van der Waals surface area contributed by atoms with Crippen LogP contribution in [0.25, 0.3) is 6.08 Å². The lowest BCUT2D eigenvalue weighted by molar-refractivity contribution is -0.385. The van der Waals surface area contributed by atoms with Gasteiger partial charge in [0.05, 0.1) is 10.5 Å². The van der Waals surface area contributed by atoms with Crippen LogP contribution in [0.4, 0.5) is 14.5 Å². The molecule has 0 saturated carbocycles. The first kappa shape index (κ1) is 18.7. The number of nitrogens with zero attached hydrogens (tertiary/aromatic N) is 1. The Morgan fingerprint density at radius 2 is 1.92 bits per heavy atom. The summed E-state index contributed by atoms with van der Waals surface area (Å²) in [4.78, 5) is 32.7. The van der Waals surface area contributed by atoms with E-state index in [9.17, 15) is 28.5 Å². The minimum Gasteiger partial charge on any atom is -0.479 e. The summed E-state index contributed by atoms with van der Waals surface area (Å²) in [5.41, 5.74) is -0.609. The summed E-state index contributed by atoms with van der Waals surface area (Å²) >= 11 is 0. The zero-order valence-corrected chi connectivity index (χ0v) is 13.0. The number of halogens is 2. The largest absolute Gasteiger partial charge is 0.479 e. The molecule has 1 N–H and O–H groups in total. The van der Waals surface area contributed by atoms with Crippen LogP contribution in [-0.4, -0.2) is 28.4 Å². The van der Waals surface area contributed by atoms with Gasteiger partial charge in [0.15, 0.2) is 18.1 Å². The smallest absolute Gasteiger partial charge is 0.341 e. The lowest BCUT2D eigenvalue weighted by Gasteiger charge is -2.05. The van der Waals surface area contributed by atoms with Crippen molar-refractivity contribution in [1.29, 1.82) is 0 Å². The maximum Gasteiger partial charge on any atom is 0.341 e. The number of nitro benzene ring substituents is 1. The number of hydrogen-bond acceptors (Lipinski definition) is 5. The Labute approximate surface area is 145 Å². The molecular weight excluding hydrogens is 352 g/mol. The van der Waals surface area contributed by atoms with Crippen LogP contribution in [0.1, 0.15) is 15.9 Å². The van der Waals surface area contributed by atoms with E-state index in [0.29, 0.717) is 6.07 Å². The van der Waals surface area contributed by atoms with Gasteiger partial charge in [-0.1, -0.05) is 12.1 Å². The van der Waals surface area contributed by atoms with Crippen LogP contribution in [-0.2, 0) is 4.79 Å². The Bertz CT molecular complexity index is 910. The van der Waals surface area contributed by atoms with E-state index in [1.807, 2.05) is 0 Å². The molecule has 9 heteroatoms. The Morgan fingerprint density at radius 1 is 1.19 bits per heavy atom. The molecule has 7 nitrogen and oxygen atoms in total. The number of carbonyl (C=O) groups excluding carboxylic acids is 1. The Morgan fingerprint density at radius 3 is 2.54 bits per heavy atom. The van der Waals surface area contributed by atoms with Crippen LogP contribution >= 0.6 is 0 Å². The van der Waals surface area contributed by atoms with E-state index >= 15 is 0 Å². The second kappa shape index (κ2) is 7.97. The molecule has 2 aromatic rings. The van der Waals surface area contributed by atoms with Crippen LogP contribution in [0.2, 0.25) is 0 Å². The van der Waals surface area contributed by atoms with Crippen molar-refractivity contribution in [2.45, 2.75) is 0 Å². The Kier molecular flexibility index (Phi) is 5.74. The number of benzene rings is 2. The van der Waals surface area contributed by atoms with Crippen molar-refractivity contribution >= 4 is 23.5 Å². The van der Waals surface area contributed by atoms with Crippen molar-refractivity contribution in [3.8, 4) is 5.75 Å². The molecule has 0 spiro atoms. The highest BCUT2D eigenvalue weighted by atomic mass is 19.1. The van der Waals surface area contributed by atoms with Crippen LogP contribution in [0, 0.1) is 21.7 Å². The lowest BCUT2D eigenvalue weighted by Crippen LogP contribution is -2.10. The molecule has 2 aromatic carbocycles. The van der Waals surface area contributed by atoms with E-state index in [1.54, 1.807) is 0 Å². The van der Waals surface area contributed by atoms with Gasteiger partial charge in [0.2, 0.25) is 0 Å². The van der Waals surface area contributed by atoms with Crippen molar-refractivity contribution in [2.75, 3.05) is 6.61 Å². The number of allylic oxidation sites excluding steroid dienone is 1. The molecule has 0 bridgehead atoms. The Hall–Kier alpha value is -3.62. The van der Waals surface area contributed by atoms with Gasteiger partial charge in [0, 0.05) is 12.1 Å². The first-order chi connectivity index (χ1) is 12.3. The van der Waals surface area contributed by atoms with Crippen LogP contribution < -0.4 is 4.74 Å². The minimum absolute atomic E-state index is 0.232. The highest BCUT2D eigenvalue weighted by Crippen LogP contribution is 2.28. The average molecular weight is 363 g/mol. The SMILES string of the molecule is O=C(O)COc1ccc(/C=C/C(=O)c2ccc(F)cc2F)cc1[N+](=O)[O-]. The molecular formula is C17H11F2NO6. The van der Waals surface area contributed by atoms with Crippen molar-refractivity contribution < 1.29 is 33.1 Å². The third kappa shape index (κ3) is 4.69. The number of nitro groups is 1. The van der Waals surface area contributed by atoms with Gasteiger partial charge >= 0.3 is 11.7 Å². The van der Waals surface area contributed by atoms with E-state index in [-0.39, 0.29) is 16.9 Å². The van der Waals surface area contributed by atoms with Crippen molar-refractivity contribution in [1.82, 2.24) is 0 Å². The summed E-state index contributed by atoms with van der Waals surface area (Å²) < 4.78 is 31.2. The normalized spacial score (nSPS) is 10.7. The second-order valence-electron chi connectivity index (χ2n) is 4.99. The zero-order chi connectivity index (χ0) is 19.3. The predicted octanol–water partition coefficient (Wildman–Crippen LogP) is 3.23.